The molecule has 7 heteroatoms. The molecule has 1 saturated heterocycles. The van der Waals surface area contributed by atoms with Crippen molar-refractivity contribution >= 4 is 17.4 Å². The molecule has 1 aromatic heterocycles. The first-order valence-corrected chi connectivity index (χ1v) is 10.2. The number of ketones is 1. The van der Waals surface area contributed by atoms with Crippen LogP contribution in [-0.2, 0) is 9.59 Å². The highest BCUT2D eigenvalue weighted by atomic mass is 16.3. The number of aliphatic hydroxyl groups is 1. The van der Waals surface area contributed by atoms with Gasteiger partial charge in [0, 0.05) is 24.5 Å². The van der Waals surface area contributed by atoms with Crippen LogP contribution in [0.1, 0.15) is 37.4 Å². The average molecular weight is 409 g/mol. The summed E-state index contributed by atoms with van der Waals surface area (Å²) in [6, 6.07) is 8.84. The number of phenols is 1. The predicted octanol–water partition coefficient (Wildman–Crippen LogP) is 2.94. The van der Waals surface area contributed by atoms with Gasteiger partial charge in [0.15, 0.2) is 0 Å². The Balaban J connectivity index is 2.00. The molecule has 1 fully saturated rings. The fourth-order valence-corrected chi connectivity index (χ4v) is 3.78. The van der Waals surface area contributed by atoms with Crippen LogP contribution < -0.4 is 0 Å². The summed E-state index contributed by atoms with van der Waals surface area (Å²) in [5.41, 5.74) is 1.14. The molecule has 1 aromatic carbocycles. The summed E-state index contributed by atoms with van der Waals surface area (Å²) in [6.07, 6.45) is 3.74. The average Bonchev–Trinajstić information content (AvgIpc) is 3.02. The normalized spacial score (nSPS) is 18.4. The number of benzene rings is 1. The number of rotatable bonds is 8. The first-order chi connectivity index (χ1) is 14.5. The minimum absolute atomic E-state index is 0.0553. The maximum absolute atomic E-state index is 12.9. The lowest BCUT2D eigenvalue weighted by atomic mass is 9.95. The summed E-state index contributed by atoms with van der Waals surface area (Å²) >= 11 is 0. The number of hydrogen-bond donors (Lipinski definition) is 2. The highest BCUT2D eigenvalue weighted by molar-refractivity contribution is 6.46. The van der Waals surface area contributed by atoms with Crippen molar-refractivity contribution in [2.45, 2.75) is 26.3 Å². The van der Waals surface area contributed by atoms with Crippen molar-refractivity contribution in [3.05, 3.63) is 65.5 Å². The van der Waals surface area contributed by atoms with Crippen LogP contribution in [0, 0.1) is 0 Å². The molecular formula is C23H27N3O4. The molecule has 2 heterocycles. The molecule has 0 bridgehead atoms. The third-order valence-corrected chi connectivity index (χ3v) is 5.47. The monoisotopic (exact) mass is 409 g/mol. The van der Waals surface area contributed by atoms with E-state index in [4.69, 9.17) is 0 Å². The molecule has 0 saturated carbocycles. The Labute approximate surface area is 176 Å². The SMILES string of the molecule is CCN(CC)CCCN1C(=O)C(=O)/C(=C(/O)c2ccncc2)C1c1ccc(O)cc1. The van der Waals surface area contributed by atoms with Crippen LogP contribution >= 0.6 is 0 Å². The smallest absolute Gasteiger partial charge is 0.295 e. The highest BCUT2D eigenvalue weighted by Crippen LogP contribution is 2.39. The number of amides is 1. The Hall–Kier alpha value is -3.19. The van der Waals surface area contributed by atoms with Crippen LogP contribution in [0.2, 0.25) is 0 Å². The molecule has 2 N–H and O–H groups in total. The van der Waals surface area contributed by atoms with Crippen LogP contribution in [0.5, 0.6) is 5.75 Å². The standard InChI is InChI=1S/C23H27N3O4/c1-3-25(4-2)14-5-15-26-20(16-6-8-18(27)9-7-16)19(22(29)23(26)30)21(28)17-10-12-24-13-11-17/h6-13,20,27-28H,3-5,14-15H2,1-2H3/b21-19+. The van der Waals surface area contributed by atoms with E-state index in [1.807, 2.05) is 0 Å². The molecule has 7 nitrogen and oxygen atoms in total. The van der Waals surface area contributed by atoms with Crippen molar-refractivity contribution in [3.8, 4) is 5.75 Å². The maximum atomic E-state index is 12.9. The van der Waals surface area contributed by atoms with E-state index in [1.165, 1.54) is 29.4 Å². The second-order valence-electron chi connectivity index (χ2n) is 7.20. The first kappa shape index (κ1) is 21.5. The zero-order chi connectivity index (χ0) is 21.7. The van der Waals surface area contributed by atoms with Gasteiger partial charge in [-0.3, -0.25) is 14.6 Å². The van der Waals surface area contributed by atoms with E-state index >= 15 is 0 Å². The van der Waals surface area contributed by atoms with Crippen molar-refractivity contribution in [3.63, 3.8) is 0 Å². The molecule has 0 radical (unpaired) electrons. The second-order valence-corrected chi connectivity index (χ2v) is 7.20. The van der Waals surface area contributed by atoms with E-state index in [1.54, 1.807) is 24.3 Å². The Bertz CT molecular complexity index is 921. The van der Waals surface area contributed by atoms with Gasteiger partial charge in [0.25, 0.3) is 11.7 Å². The van der Waals surface area contributed by atoms with Gasteiger partial charge < -0.3 is 20.0 Å². The number of hydrogen-bond acceptors (Lipinski definition) is 6. The summed E-state index contributed by atoms with van der Waals surface area (Å²) in [7, 11) is 0. The van der Waals surface area contributed by atoms with E-state index in [0.717, 1.165) is 19.6 Å². The fourth-order valence-electron chi connectivity index (χ4n) is 3.78. The number of carbonyl (C=O) groups is 2. The molecule has 1 atom stereocenters. The van der Waals surface area contributed by atoms with Gasteiger partial charge in [-0.25, -0.2) is 0 Å². The van der Waals surface area contributed by atoms with Crippen LogP contribution in [0.4, 0.5) is 0 Å². The Morgan fingerprint density at radius 1 is 1.07 bits per heavy atom. The zero-order valence-corrected chi connectivity index (χ0v) is 17.3. The summed E-state index contributed by atoms with van der Waals surface area (Å²) in [4.78, 5) is 33.5. The quantitative estimate of drug-likeness (QED) is 0.396. The summed E-state index contributed by atoms with van der Waals surface area (Å²) < 4.78 is 0. The number of likely N-dealkylation sites (tertiary alicyclic amines) is 1. The lowest BCUT2D eigenvalue weighted by molar-refractivity contribution is -0.140. The van der Waals surface area contributed by atoms with Gasteiger partial charge in [-0.2, -0.15) is 0 Å². The van der Waals surface area contributed by atoms with E-state index in [0.29, 0.717) is 24.1 Å². The van der Waals surface area contributed by atoms with Crippen LogP contribution in [-0.4, -0.2) is 62.9 Å². The van der Waals surface area contributed by atoms with E-state index < -0.39 is 17.7 Å². The number of aromatic hydroxyl groups is 1. The highest BCUT2D eigenvalue weighted by Gasteiger charge is 2.45. The Morgan fingerprint density at radius 3 is 2.30 bits per heavy atom. The predicted molar refractivity (Wildman–Crippen MR) is 114 cm³/mol. The molecule has 1 aliphatic rings. The van der Waals surface area contributed by atoms with Crippen LogP contribution in [0.25, 0.3) is 5.76 Å². The van der Waals surface area contributed by atoms with Gasteiger partial charge in [-0.15, -0.1) is 0 Å². The molecule has 30 heavy (non-hydrogen) atoms. The maximum Gasteiger partial charge on any atom is 0.295 e. The number of aromatic nitrogens is 1. The van der Waals surface area contributed by atoms with E-state index in [-0.39, 0.29) is 17.1 Å². The third-order valence-electron chi connectivity index (χ3n) is 5.47. The third kappa shape index (κ3) is 4.36. The fraction of sp³-hybridized carbons (Fsp3) is 0.348. The number of carbonyl (C=O) groups excluding carboxylic acids is 2. The molecule has 0 aliphatic carbocycles. The lowest BCUT2D eigenvalue weighted by Gasteiger charge is -2.26. The number of nitrogens with zero attached hydrogens (tertiary/aromatic N) is 3. The van der Waals surface area contributed by atoms with E-state index in [2.05, 4.69) is 23.7 Å². The number of aliphatic hydroxyl groups excluding tert-OH is 1. The minimum atomic E-state index is -0.713. The largest absolute Gasteiger partial charge is 0.508 e. The summed E-state index contributed by atoms with van der Waals surface area (Å²) in [6.45, 7) is 7.20. The second kappa shape index (κ2) is 9.54. The van der Waals surface area contributed by atoms with Crippen molar-refractivity contribution in [2.75, 3.05) is 26.2 Å². The van der Waals surface area contributed by atoms with Crippen molar-refractivity contribution in [2.24, 2.45) is 0 Å². The molecule has 3 rings (SSSR count). The summed E-state index contributed by atoms with van der Waals surface area (Å²) in [5.74, 6) is -1.46. The molecule has 1 amide bonds. The van der Waals surface area contributed by atoms with Gasteiger partial charge in [-0.1, -0.05) is 26.0 Å². The molecule has 158 valence electrons. The molecular weight excluding hydrogens is 382 g/mol. The van der Waals surface area contributed by atoms with Gasteiger partial charge in [0.2, 0.25) is 0 Å². The first-order valence-electron chi connectivity index (χ1n) is 10.2. The van der Waals surface area contributed by atoms with Gasteiger partial charge in [-0.05, 0) is 55.9 Å². The van der Waals surface area contributed by atoms with Crippen molar-refractivity contribution in [1.29, 1.82) is 0 Å². The number of Topliss-reactive ketones (excluding diaryl/α,β-unsaturated/α-hetero) is 1. The topological polar surface area (TPSA) is 94.0 Å². The van der Waals surface area contributed by atoms with Crippen LogP contribution in [0.15, 0.2) is 54.4 Å². The van der Waals surface area contributed by atoms with Gasteiger partial charge in [0.1, 0.15) is 11.5 Å². The van der Waals surface area contributed by atoms with Gasteiger partial charge in [0.05, 0.1) is 11.6 Å². The molecule has 1 aliphatic heterocycles. The van der Waals surface area contributed by atoms with Crippen molar-refractivity contribution in [1.82, 2.24) is 14.8 Å². The van der Waals surface area contributed by atoms with E-state index in [9.17, 15) is 19.8 Å². The number of phenolic OH excluding ortho intramolecular Hbond substituents is 1. The number of pyridine rings is 1. The lowest BCUT2D eigenvalue weighted by Crippen LogP contribution is -2.33. The van der Waals surface area contributed by atoms with Crippen molar-refractivity contribution < 1.29 is 19.8 Å². The summed E-state index contributed by atoms with van der Waals surface area (Å²) in [5, 5.41) is 20.6. The Kier molecular flexibility index (Phi) is 6.84. The van der Waals surface area contributed by atoms with Gasteiger partial charge >= 0.3 is 0 Å². The zero-order valence-electron chi connectivity index (χ0n) is 17.3. The molecule has 1 unspecified atom stereocenters. The van der Waals surface area contributed by atoms with Crippen LogP contribution in [0.3, 0.4) is 0 Å². The molecule has 0 spiro atoms. The minimum Gasteiger partial charge on any atom is -0.508 e. The Morgan fingerprint density at radius 2 is 1.70 bits per heavy atom. The molecule has 2 aromatic rings.